The number of carbonyl (C=O) groups is 1. The third-order valence-corrected chi connectivity index (χ3v) is 4.49. The lowest BCUT2D eigenvalue weighted by Gasteiger charge is -2.32. The molecule has 2 N–H and O–H groups in total. The van der Waals surface area contributed by atoms with Crippen LogP contribution in [0.1, 0.15) is 43.5 Å². The summed E-state index contributed by atoms with van der Waals surface area (Å²) in [5, 5.41) is 5.33. The van der Waals surface area contributed by atoms with Gasteiger partial charge in [-0.2, -0.15) is 0 Å². The Bertz CT molecular complexity index is 510. The fourth-order valence-corrected chi connectivity index (χ4v) is 2.89. The zero-order valence-electron chi connectivity index (χ0n) is 12.7. The van der Waals surface area contributed by atoms with Gasteiger partial charge in [0.05, 0.1) is 0 Å². The highest BCUT2D eigenvalue weighted by molar-refractivity contribution is 5.94. The van der Waals surface area contributed by atoms with Crippen LogP contribution in [0.5, 0.6) is 0 Å². The van der Waals surface area contributed by atoms with Gasteiger partial charge in [-0.15, -0.1) is 0 Å². The molecule has 0 bridgehead atoms. The molecule has 0 saturated heterocycles. The number of rotatable bonds is 3. The van der Waals surface area contributed by atoms with Crippen LogP contribution in [0.15, 0.2) is 12.1 Å². The van der Waals surface area contributed by atoms with Crippen LogP contribution in [-0.4, -0.2) is 19.0 Å². The van der Waals surface area contributed by atoms with Crippen LogP contribution in [0.2, 0.25) is 0 Å². The third kappa shape index (κ3) is 3.52. The van der Waals surface area contributed by atoms with E-state index < -0.39 is 17.5 Å². The summed E-state index contributed by atoms with van der Waals surface area (Å²) in [5.74, 6) is -0.726. The number of nitrogens with one attached hydrogen (secondary N) is 2. The maximum absolute atomic E-state index is 13.7. The van der Waals surface area contributed by atoms with Crippen LogP contribution < -0.4 is 10.6 Å². The van der Waals surface area contributed by atoms with Gasteiger partial charge in [-0.3, -0.25) is 4.79 Å². The van der Waals surface area contributed by atoms with Gasteiger partial charge in [0.1, 0.15) is 17.3 Å². The van der Waals surface area contributed by atoms with E-state index in [2.05, 4.69) is 24.5 Å². The molecule has 1 aliphatic rings. The number of amides is 1. The van der Waals surface area contributed by atoms with Gasteiger partial charge in [0.25, 0.3) is 5.91 Å². The van der Waals surface area contributed by atoms with Crippen LogP contribution in [0.3, 0.4) is 0 Å². The van der Waals surface area contributed by atoms with Crippen molar-refractivity contribution < 1.29 is 13.6 Å². The lowest BCUT2D eigenvalue weighted by atomic mass is 9.79. The van der Waals surface area contributed by atoms with Crippen molar-refractivity contribution in [2.45, 2.75) is 39.2 Å². The highest BCUT2D eigenvalue weighted by Crippen LogP contribution is 2.29. The standard InChI is InChI=1S/C16H22F2N2O/c1-9-4-5-12(6-10(9)2)20-16(21)11-7-13(17)15(19-3)14(18)8-11/h7-10,12,19H,4-6H2,1-3H3,(H,20,21). The number of hydrogen-bond donors (Lipinski definition) is 2. The van der Waals surface area contributed by atoms with Gasteiger partial charge in [-0.1, -0.05) is 13.8 Å². The first-order valence-corrected chi connectivity index (χ1v) is 7.40. The number of hydrogen-bond acceptors (Lipinski definition) is 2. The average molecular weight is 296 g/mol. The molecule has 0 heterocycles. The Morgan fingerprint density at radius 2 is 1.76 bits per heavy atom. The highest BCUT2D eigenvalue weighted by atomic mass is 19.1. The van der Waals surface area contributed by atoms with E-state index in [-0.39, 0.29) is 17.3 Å². The van der Waals surface area contributed by atoms with Crippen molar-refractivity contribution in [1.29, 1.82) is 0 Å². The molecule has 1 aromatic rings. The Morgan fingerprint density at radius 1 is 1.14 bits per heavy atom. The molecule has 5 heteroatoms. The second-order valence-corrected chi connectivity index (χ2v) is 6.00. The summed E-state index contributed by atoms with van der Waals surface area (Å²) in [5.41, 5.74) is -0.193. The molecule has 3 atom stereocenters. The maximum atomic E-state index is 13.7. The molecule has 1 saturated carbocycles. The summed E-state index contributed by atoms with van der Waals surface area (Å²) >= 11 is 0. The maximum Gasteiger partial charge on any atom is 0.251 e. The van der Waals surface area contributed by atoms with Crippen LogP contribution in [0.4, 0.5) is 14.5 Å². The largest absolute Gasteiger partial charge is 0.383 e. The van der Waals surface area contributed by atoms with Crippen molar-refractivity contribution in [3.05, 3.63) is 29.3 Å². The number of halogens is 2. The topological polar surface area (TPSA) is 41.1 Å². The van der Waals surface area contributed by atoms with Gasteiger partial charge >= 0.3 is 0 Å². The molecule has 1 fully saturated rings. The third-order valence-electron chi connectivity index (χ3n) is 4.49. The molecule has 3 nitrogen and oxygen atoms in total. The minimum atomic E-state index is -0.756. The Kier molecular flexibility index (Phi) is 4.80. The molecule has 1 amide bonds. The fraction of sp³-hybridized carbons (Fsp3) is 0.562. The van der Waals surface area contributed by atoms with Crippen molar-refractivity contribution in [2.24, 2.45) is 11.8 Å². The van der Waals surface area contributed by atoms with E-state index in [4.69, 9.17) is 0 Å². The highest BCUT2D eigenvalue weighted by Gasteiger charge is 2.26. The Balaban J connectivity index is 2.07. The molecule has 0 aliphatic heterocycles. The quantitative estimate of drug-likeness (QED) is 0.895. The molecule has 0 aromatic heterocycles. The van der Waals surface area contributed by atoms with E-state index in [0.717, 1.165) is 31.4 Å². The molecule has 116 valence electrons. The predicted octanol–water partition coefficient (Wildman–Crippen LogP) is 3.56. The average Bonchev–Trinajstić information content (AvgIpc) is 2.42. The molecule has 3 unspecified atom stereocenters. The molecule has 21 heavy (non-hydrogen) atoms. The number of carbonyl (C=O) groups excluding carboxylic acids is 1. The van der Waals surface area contributed by atoms with Gasteiger partial charge in [0.2, 0.25) is 0 Å². The summed E-state index contributed by atoms with van der Waals surface area (Å²) < 4.78 is 27.4. The zero-order valence-corrected chi connectivity index (χ0v) is 12.7. The fourth-order valence-electron chi connectivity index (χ4n) is 2.89. The van der Waals surface area contributed by atoms with Gasteiger partial charge < -0.3 is 10.6 Å². The van der Waals surface area contributed by atoms with Gasteiger partial charge in [-0.05, 0) is 43.2 Å². The van der Waals surface area contributed by atoms with Crippen LogP contribution in [0, 0.1) is 23.5 Å². The minimum Gasteiger partial charge on any atom is -0.383 e. The Morgan fingerprint density at radius 3 is 2.29 bits per heavy atom. The monoisotopic (exact) mass is 296 g/mol. The van der Waals surface area contributed by atoms with E-state index in [1.807, 2.05) is 0 Å². The summed E-state index contributed by atoms with van der Waals surface area (Å²) in [6.45, 7) is 4.38. The van der Waals surface area contributed by atoms with E-state index >= 15 is 0 Å². The van der Waals surface area contributed by atoms with Gasteiger partial charge in [0, 0.05) is 18.7 Å². The van der Waals surface area contributed by atoms with Gasteiger partial charge in [-0.25, -0.2) is 8.78 Å². The summed E-state index contributed by atoms with van der Waals surface area (Å²) in [6.07, 6.45) is 2.89. The van der Waals surface area contributed by atoms with Crippen LogP contribution >= 0.6 is 0 Å². The minimum absolute atomic E-state index is 0.0234. The molecular weight excluding hydrogens is 274 g/mol. The van der Waals surface area contributed by atoms with Crippen molar-refractivity contribution in [3.63, 3.8) is 0 Å². The summed E-state index contributed by atoms with van der Waals surface area (Å²) in [4.78, 5) is 12.1. The number of anilines is 1. The lowest BCUT2D eigenvalue weighted by molar-refractivity contribution is 0.0909. The smallest absolute Gasteiger partial charge is 0.251 e. The number of benzene rings is 1. The first-order chi connectivity index (χ1) is 9.92. The van der Waals surface area contributed by atoms with Crippen molar-refractivity contribution in [2.75, 3.05) is 12.4 Å². The molecular formula is C16H22F2N2O. The first-order valence-electron chi connectivity index (χ1n) is 7.40. The Hall–Kier alpha value is -1.65. The second kappa shape index (κ2) is 6.41. The predicted molar refractivity (Wildman–Crippen MR) is 79.3 cm³/mol. The SMILES string of the molecule is CNc1c(F)cc(C(=O)NC2CCC(C)C(C)C2)cc1F. The van der Waals surface area contributed by atoms with E-state index in [9.17, 15) is 13.6 Å². The molecule has 1 aromatic carbocycles. The van der Waals surface area contributed by atoms with Crippen molar-refractivity contribution in [3.8, 4) is 0 Å². The molecule has 1 aliphatic carbocycles. The van der Waals surface area contributed by atoms with Crippen LogP contribution in [-0.2, 0) is 0 Å². The zero-order chi connectivity index (χ0) is 15.6. The van der Waals surface area contributed by atoms with Gasteiger partial charge in [0.15, 0.2) is 0 Å². The van der Waals surface area contributed by atoms with Crippen LogP contribution in [0.25, 0.3) is 0 Å². The van der Waals surface area contributed by atoms with E-state index in [1.165, 1.54) is 7.05 Å². The lowest BCUT2D eigenvalue weighted by Crippen LogP contribution is -2.39. The molecule has 0 spiro atoms. The van der Waals surface area contributed by atoms with Crippen molar-refractivity contribution in [1.82, 2.24) is 5.32 Å². The normalized spacial score (nSPS) is 25.5. The van der Waals surface area contributed by atoms with Crippen molar-refractivity contribution >= 4 is 11.6 Å². The first kappa shape index (κ1) is 15.7. The summed E-state index contributed by atoms with van der Waals surface area (Å²) in [6, 6.07) is 2.22. The second-order valence-electron chi connectivity index (χ2n) is 6.00. The molecule has 2 rings (SSSR count). The van der Waals surface area contributed by atoms with E-state index in [0.29, 0.717) is 11.8 Å². The summed E-state index contributed by atoms with van der Waals surface area (Å²) in [7, 11) is 1.44. The van der Waals surface area contributed by atoms with E-state index in [1.54, 1.807) is 0 Å². The Labute approximate surface area is 124 Å². The molecule has 0 radical (unpaired) electrons.